The average Bonchev–Trinajstić information content (AvgIpc) is 2.36. The van der Waals surface area contributed by atoms with Crippen LogP contribution in [0.4, 0.5) is 49.6 Å². The van der Waals surface area contributed by atoms with Crippen LogP contribution in [0.15, 0.2) is 23.2 Å². The Morgan fingerprint density at radius 3 is 1.71 bits per heavy atom. The van der Waals surface area contributed by atoms with E-state index in [0.717, 1.165) is 0 Å². The van der Waals surface area contributed by atoms with Crippen molar-refractivity contribution in [1.82, 2.24) is 0 Å². The van der Waals surface area contributed by atoms with Gasteiger partial charge in [0.2, 0.25) is 0 Å². The molecule has 0 radical (unpaired) electrons. The topological polar surface area (TPSA) is 32.6 Å². The first-order chi connectivity index (χ1) is 10.5. The molecule has 0 amide bonds. The van der Waals surface area contributed by atoms with Gasteiger partial charge < -0.3 is 5.11 Å². The van der Waals surface area contributed by atoms with E-state index >= 15 is 0 Å². The number of aliphatic imine (C=N–C) groups is 1. The Morgan fingerprint density at radius 2 is 1.33 bits per heavy atom. The molecule has 2 nitrogen and oxygen atoms in total. The van der Waals surface area contributed by atoms with Gasteiger partial charge in [-0.2, -0.15) is 39.5 Å². The minimum absolute atomic E-state index is 0.0434. The van der Waals surface area contributed by atoms with E-state index in [0.29, 0.717) is 6.92 Å². The van der Waals surface area contributed by atoms with Crippen LogP contribution in [-0.2, 0) is 5.67 Å². The van der Waals surface area contributed by atoms with Gasteiger partial charge in [-0.3, -0.25) is 0 Å². The van der Waals surface area contributed by atoms with E-state index in [1.807, 2.05) is 0 Å². The number of halogens is 10. The Labute approximate surface area is 127 Å². The summed E-state index contributed by atoms with van der Waals surface area (Å²) in [6.07, 6.45) is -17.9. The minimum Gasteiger partial charge on any atom is -0.506 e. The van der Waals surface area contributed by atoms with E-state index < -0.39 is 46.9 Å². The fraction of sp³-hybridized carbons (Fsp3) is 0.417. The van der Waals surface area contributed by atoms with Gasteiger partial charge in [0.25, 0.3) is 0 Å². The molecule has 24 heavy (non-hydrogen) atoms. The van der Waals surface area contributed by atoms with Crippen LogP contribution < -0.4 is 0 Å². The third-order valence-electron chi connectivity index (χ3n) is 2.85. The van der Waals surface area contributed by atoms with E-state index in [-0.39, 0.29) is 18.2 Å². The van der Waals surface area contributed by atoms with Gasteiger partial charge >= 0.3 is 24.2 Å². The van der Waals surface area contributed by atoms with Gasteiger partial charge in [0.05, 0.1) is 0 Å². The molecule has 0 aliphatic heterocycles. The molecule has 0 fully saturated rings. The predicted octanol–water partition coefficient (Wildman–Crippen LogP) is 5.34. The van der Waals surface area contributed by atoms with E-state index in [2.05, 4.69) is 4.99 Å². The van der Waals surface area contributed by atoms with Gasteiger partial charge in [0.1, 0.15) is 17.1 Å². The maximum Gasteiger partial charge on any atom is 0.435 e. The van der Waals surface area contributed by atoms with Crippen molar-refractivity contribution in [2.45, 2.75) is 31.1 Å². The van der Waals surface area contributed by atoms with Crippen molar-refractivity contribution < 1.29 is 49.0 Å². The molecule has 136 valence electrons. The van der Waals surface area contributed by atoms with Crippen LogP contribution in [0.1, 0.15) is 12.5 Å². The monoisotopic (exact) mass is 371 g/mol. The minimum atomic E-state index is -6.44. The lowest BCUT2D eigenvalue weighted by molar-refractivity contribution is -0.348. The van der Waals surface area contributed by atoms with Crippen molar-refractivity contribution in [3.05, 3.63) is 23.8 Å². The van der Waals surface area contributed by atoms with Crippen LogP contribution in [-0.4, -0.2) is 29.3 Å². The summed E-state index contributed by atoms with van der Waals surface area (Å²) in [7, 11) is 0. The highest BCUT2D eigenvalue weighted by Crippen LogP contribution is 2.54. The predicted molar refractivity (Wildman–Crippen MR) is 61.8 cm³/mol. The number of alkyl halides is 10. The molecular weight excluding hydrogens is 364 g/mol. The van der Waals surface area contributed by atoms with Crippen molar-refractivity contribution in [2.24, 2.45) is 4.99 Å². The maximum absolute atomic E-state index is 13.8. The SMILES string of the molecule is C/C(=N\c1cc(C(F)(C(F)(F)F)C(F)(F)F)ccc1O)C(F)(F)F. The fourth-order valence-electron chi connectivity index (χ4n) is 1.56. The summed E-state index contributed by atoms with van der Waals surface area (Å²) in [5.74, 6) is -1.16. The highest BCUT2D eigenvalue weighted by molar-refractivity contribution is 5.90. The highest BCUT2D eigenvalue weighted by Gasteiger charge is 2.73. The summed E-state index contributed by atoms with van der Waals surface area (Å²) in [5, 5.41) is 9.26. The lowest BCUT2D eigenvalue weighted by Gasteiger charge is -2.30. The number of aromatic hydroxyl groups is 1. The highest BCUT2D eigenvalue weighted by atomic mass is 19.4. The Kier molecular flexibility index (Phi) is 4.85. The number of hydrogen-bond acceptors (Lipinski definition) is 2. The van der Waals surface area contributed by atoms with Gasteiger partial charge in [0, 0.05) is 5.56 Å². The molecule has 0 spiro atoms. The zero-order valence-electron chi connectivity index (χ0n) is 11.4. The molecule has 1 rings (SSSR count). The van der Waals surface area contributed by atoms with Gasteiger partial charge in [0.15, 0.2) is 0 Å². The smallest absolute Gasteiger partial charge is 0.435 e. The zero-order chi connectivity index (χ0) is 19.1. The van der Waals surface area contributed by atoms with Crippen LogP contribution in [0.25, 0.3) is 0 Å². The number of phenolic OH excluding ortho intramolecular Hbond substituents is 1. The molecule has 1 aromatic carbocycles. The molecule has 0 saturated carbocycles. The first kappa shape index (κ1) is 20.0. The van der Waals surface area contributed by atoms with Crippen molar-refractivity contribution in [2.75, 3.05) is 0 Å². The molecule has 0 aliphatic carbocycles. The molecule has 0 aliphatic rings. The summed E-state index contributed by atoms with van der Waals surface area (Å²) in [6, 6.07) is -0.104. The quantitative estimate of drug-likeness (QED) is 0.553. The van der Waals surface area contributed by atoms with Crippen molar-refractivity contribution in [1.29, 1.82) is 0 Å². The molecule has 0 atom stereocenters. The Bertz CT molecular complexity index is 627. The van der Waals surface area contributed by atoms with Crippen LogP contribution in [0, 0.1) is 0 Å². The zero-order valence-corrected chi connectivity index (χ0v) is 11.4. The van der Waals surface area contributed by atoms with Crippen LogP contribution >= 0.6 is 0 Å². The van der Waals surface area contributed by atoms with E-state index in [4.69, 9.17) is 0 Å². The summed E-state index contributed by atoms with van der Waals surface area (Å²) >= 11 is 0. The van der Waals surface area contributed by atoms with Gasteiger partial charge in [-0.1, -0.05) is 6.07 Å². The number of nitrogens with zero attached hydrogens (tertiary/aromatic N) is 1. The second kappa shape index (κ2) is 5.81. The Hall–Kier alpha value is -2.01. The Morgan fingerprint density at radius 1 is 0.875 bits per heavy atom. The molecule has 0 heterocycles. The molecule has 12 heteroatoms. The lowest BCUT2D eigenvalue weighted by Crippen LogP contribution is -2.50. The number of rotatable bonds is 2. The number of hydrogen-bond donors (Lipinski definition) is 1. The Balaban J connectivity index is 3.61. The normalized spacial score (nSPS) is 14.9. The summed E-state index contributed by atoms with van der Waals surface area (Å²) in [4.78, 5) is 2.71. The summed E-state index contributed by atoms with van der Waals surface area (Å²) in [6.45, 7) is 0.363. The summed E-state index contributed by atoms with van der Waals surface area (Å²) in [5.41, 5.74) is -10.9. The maximum atomic E-state index is 13.8. The average molecular weight is 371 g/mol. The van der Waals surface area contributed by atoms with E-state index in [1.54, 1.807) is 0 Å². The molecule has 1 aromatic rings. The fourth-order valence-corrected chi connectivity index (χ4v) is 1.56. The first-order valence-electron chi connectivity index (χ1n) is 5.80. The van der Waals surface area contributed by atoms with Gasteiger partial charge in [-0.15, -0.1) is 0 Å². The second-order valence-electron chi connectivity index (χ2n) is 4.55. The van der Waals surface area contributed by atoms with Crippen LogP contribution in [0.5, 0.6) is 5.75 Å². The van der Waals surface area contributed by atoms with Crippen molar-refractivity contribution in [3.63, 3.8) is 0 Å². The van der Waals surface area contributed by atoms with E-state index in [9.17, 15) is 49.0 Å². The molecule has 0 bridgehead atoms. The molecule has 0 aromatic heterocycles. The third kappa shape index (κ3) is 3.56. The molecular formula is C12H7F10NO. The van der Waals surface area contributed by atoms with Gasteiger partial charge in [-0.25, -0.2) is 9.38 Å². The standard InChI is InChI=1S/C12H7F10NO/c1-5(10(14,15)16)23-7-4-6(2-3-8(7)24)9(13,11(17,18)19)12(20,21)22/h2-4,24H,1H3/b23-5+. The molecule has 0 unspecified atom stereocenters. The molecule has 0 saturated heterocycles. The largest absolute Gasteiger partial charge is 0.506 e. The van der Waals surface area contributed by atoms with Crippen LogP contribution in [0.2, 0.25) is 0 Å². The van der Waals surface area contributed by atoms with Crippen LogP contribution in [0.3, 0.4) is 0 Å². The lowest BCUT2D eigenvalue weighted by atomic mass is 9.93. The number of benzene rings is 1. The summed E-state index contributed by atoms with van der Waals surface area (Å²) < 4.78 is 126. The number of phenols is 1. The van der Waals surface area contributed by atoms with Gasteiger partial charge in [-0.05, 0) is 19.1 Å². The first-order valence-corrected chi connectivity index (χ1v) is 5.80. The van der Waals surface area contributed by atoms with E-state index in [1.165, 1.54) is 0 Å². The van der Waals surface area contributed by atoms with Crippen molar-refractivity contribution >= 4 is 11.4 Å². The molecule has 1 N–H and O–H groups in total. The third-order valence-corrected chi connectivity index (χ3v) is 2.85. The van der Waals surface area contributed by atoms with Crippen molar-refractivity contribution in [3.8, 4) is 5.75 Å². The second-order valence-corrected chi connectivity index (χ2v) is 4.55.